The van der Waals surface area contributed by atoms with Gasteiger partial charge in [-0.3, -0.25) is 0 Å². The molecule has 1 aliphatic heterocycles. The summed E-state index contributed by atoms with van der Waals surface area (Å²) in [7, 11) is 0. The molecule has 0 aromatic heterocycles. The van der Waals surface area contributed by atoms with Gasteiger partial charge in [0.15, 0.2) is 6.29 Å². The van der Waals surface area contributed by atoms with E-state index in [9.17, 15) is 8.78 Å². The van der Waals surface area contributed by atoms with Gasteiger partial charge in [0.1, 0.15) is 0 Å². The molecule has 0 amide bonds. The second-order valence-electron chi connectivity index (χ2n) is 8.33. The largest absolute Gasteiger partial charge is 0.352 e. The maximum absolute atomic E-state index is 12.3. The van der Waals surface area contributed by atoms with Crippen LogP contribution in [-0.2, 0) is 9.47 Å². The van der Waals surface area contributed by atoms with E-state index in [-0.39, 0.29) is 12.2 Å². The Bertz CT molecular complexity index is 449. The Balaban J connectivity index is 1.36. The average Bonchev–Trinajstić information content (AvgIpc) is 2.62. The zero-order valence-electron chi connectivity index (χ0n) is 15.3. The first-order valence-electron chi connectivity index (χ1n) is 10.0. The Morgan fingerprint density at radius 1 is 0.760 bits per heavy atom. The number of hydrogen-bond donors (Lipinski definition) is 0. The van der Waals surface area contributed by atoms with Crippen LogP contribution in [0, 0.1) is 29.6 Å². The summed E-state index contributed by atoms with van der Waals surface area (Å²) >= 11 is 0. The molecule has 2 aliphatic carbocycles. The number of rotatable bonds is 4. The van der Waals surface area contributed by atoms with Gasteiger partial charge in [-0.25, -0.2) is 0 Å². The first-order valence-corrected chi connectivity index (χ1v) is 10.0. The second kappa shape index (κ2) is 9.27. The predicted molar refractivity (Wildman–Crippen MR) is 95.2 cm³/mol. The molecule has 0 N–H and O–H groups in total. The van der Waals surface area contributed by atoms with Crippen LogP contribution in [0.4, 0.5) is 8.78 Å². The average molecular weight is 354 g/mol. The van der Waals surface area contributed by atoms with E-state index in [1.54, 1.807) is 0 Å². The molecule has 2 nitrogen and oxygen atoms in total. The SMILES string of the molecule is CC1CCC(C2OCC(/C=C/C3CCC(C=C(F)F)CC3)CO2)CC1. The van der Waals surface area contributed by atoms with Gasteiger partial charge < -0.3 is 9.47 Å². The Morgan fingerprint density at radius 3 is 1.92 bits per heavy atom. The van der Waals surface area contributed by atoms with Gasteiger partial charge >= 0.3 is 0 Å². The van der Waals surface area contributed by atoms with Gasteiger partial charge in [0, 0.05) is 11.8 Å². The van der Waals surface area contributed by atoms with E-state index in [2.05, 4.69) is 19.1 Å². The second-order valence-corrected chi connectivity index (χ2v) is 8.33. The Labute approximate surface area is 150 Å². The van der Waals surface area contributed by atoms with E-state index in [4.69, 9.17) is 9.47 Å². The standard InChI is InChI=1S/C21H32F2O2/c1-15-2-10-19(11-3-15)21-24-13-18(14-25-21)9-6-16-4-7-17(8-5-16)12-20(22)23/h6,9,12,15-19,21H,2-5,7-8,10-11,13-14H2,1H3/b9-6+. The summed E-state index contributed by atoms with van der Waals surface area (Å²) in [6.45, 7) is 3.83. The number of hydrogen-bond acceptors (Lipinski definition) is 2. The van der Waals surface area contributed by atoms with Crippen molar-refractivity contribution >= 4 is 0 Å². The molecule has 2 saturated carbocycles. The molecule has 1 saturated heterocycles. The fraction of sp³-hybridized carbons (Fsp3) is 0.810. The minimum Gasteiger partial charge on any atom is -0.352 e. The summed E-state index contributed by atoms with van der Waals surface area (Å²) in [5.74, 6) is 2.34. The summed E-state index contributed by atoms with van der Waals surface area (Å²) < 4.78 is 36.6. The maximum atomic E-state index is 12.3. The molecule has 0 aromatic carbocycles. The molecule has 0 atom stereocenters. The highest BCUT2D eigenvalue weighted by atomic mass is 19.3. The molecule has 4 heteroatoms. The van der Waals surface area contributed by atoms with Crippen LogP contribution in [0.2, 0.25) is 0 Å². The summed E-state index contributed by atoms with van der Waals surface area (Å²) in [5.41, 5.74) is 0. The van der Waals surface area contributed by atoms with E-state index in [0.29, 0.717) is 17.8 Å². The summed E-state index contributed by atoms with van der Waals surface area (Å²) in [6.07, 6.45) is 12.9. The molecule has 3 aliphatic rings. The van der Waals surface area contributed by atoms with E-state index in [1.165, 1.54) is 25.7 Å². The summed E-state index contributed by atoms with van der Waals surface area (Å²) in [4.78, 5) is 0. The predicted octanol–water partition coefficient (Wildman–Crippen LogP) is 5.94. The Hall–Kier alpha value is -0.740. The summed E-state index contributed by atoms with van der Waals surface area (Å²) in [6, 6.07) is 0. The van der Waals surface area contributed by atoms with Crippen LogP contribution in [0.3, 0.4) is 0 Å². The lowest BCUT2D eigenvalue weighted by Crippen LogP contribution is -2.37. The lowest BCUT2D eigenvalue weighted by molar-refractivity contribution is -0.222. The van der Waals surface area contributed by atoms with Gasteiger partial charge in [0.2, 0.25) is 0 Å². The van der Waals surface area contributed by atoms with Crippen LogP contribution in [0.15, 0.2) is 24.3 Å². The van der Waals surface area contributed by atoms with Crippen LogP contribution < -0.4 is 0 Å². The van der Waals surface area contributed by atoms with E-state index < -0.39 is 6.08 Å². The first-order chi connectivity index (χ1) is 12.1. The van der Waals surface area contributed by atoms with Gasteiger partial charge in [-0.15, -0.1) is 0 Å². The fourth-order valence-corrected chi connectivity index (χ4v) is 4.47. The molecule has 0 unspecified atom stereocenters. The highest BCUT2D eigenvalue weighted by Crippen LogP contribution is 2.34. The van der Waals surface area contributed by atoms with E-state index >= 15 is 0 Å². The highest BCUT2D eigenvalue weighted by molar-refractivity contribution is 4.98. The first kappa shape index (κ1) is 19.0. The van der Waals surface area contributed by atoms with Crippen molar-refractivity contribution in [3.05, 3.63) is 24.3 Å². The van der Waals surface area contributed by atoms with Crippen molar-refractivity contribution in [2.24, 2.45) is 29.6 Å². The third-order valence-corrected chi connectivity index (χ3v) is 6.23. The molecule has 3 rings (SSSR count). The molecular weight excluding hydrogens is 322 g/mol. The van der Waals surface area contributed by atoms with Crippen molar-refractivity contribution in [3.63, 3.8) is 0 Å². The fourth-order valence-electron chi connectivity index (χ4n) is 4.47. The van der Waals surface area contributed by atoms with Crippen LogP contribution in [0.5, 0.6) is 0 Å². The van der Waals surface area contributed by atoms with Crippen molar-refractivity contribution in [3.8, 4) is 0 Å². The van der Waals surface area contributed by atoms with Crippen molar-refractivity contribution < 1.29 is 18.3 Å². The van der Waals surface area contributed by atoms with Crippen LogP contribution in [0.1, 0.15) is 58.3 Å². The van der Waals surface area contributed by atoms with Gasteiger partial charge in [-0.2, -0.15) is 8.78 Å². The van der Waals surface area contributed by atoms with Crippen molar-refractivity contribution in [1.82, 2.24) is 0 Å². The molecule has 142 valence electrons. The topological polar surface area (TPSA) is 18.5 Å². The van der Waals surface area contributed by atoms with Gasteiger partial charge in [0.05, 0.1) is 13.2 Å². The molecule has 3 fully saturated rings. The lowest BCUT2D eigenvalue weighted by Gasteiger charge is -2.36. The lowest BCUT2D eigenvalue weighted by atomic mass is 9.81. The molecule has 25 heavy (non-hydrogen) atoms. The number of ether oxygens (including phenoxy) is 2. The number of allylic oxidation sites excluding steroid dienone is 2. The smallest absolute Gasteiger partial charge is 0.266 e. The zero-order valence-corrected chi connectivity index (χ0v) is 15.3. The molecule has 0 spiro atoms. The quantitative estimate of drug-likeness (QED) is 0.581. The highest BCUT2D eigenvalue weighted by Gasteiger charge is 2.31. The maximum Gasteiger partial charge on any atom is 0.266 e. The normalized spacial score (nSPS) is 40.1. The Kier molecular flexibility index (Phi) is 7.06. The van der Waals surface area contributed by atoms with Gasteiger partial charge in [-0.1, -0.05) is 31.9 Å². The van der Waals surface area contributed by atoms with Crippen molar-refractivity contribution in [2.75, 3.05) is 13.2 Å². The van der Waals surface area contributed by atoms with Gasteiger partial charge in [-0.05, 0) is 62.4 Å². The minimum atomic E-state index is -1.53. The number of halogens is 2. The molecule has 0 bridgehead atoms. The van der Waals surface area contributed by atoms with Crippen molar-refractivity contribution in [2.45, 2.75) is 64.6 Å². The molecule has 1 heterocycles. The summed E-state index contributed by atoms with van der Waals surface area (Å²) in [5, 5.41) is 0. The van der Waals surface area contributed by atoms with Crippen LogP contribution in [0.25, 0.3) is 0 Å². The van der Waals surface area contributed by atoms with Crippen LogP contribution >= 0.6 is 0 Å². The van der Waals surface area contributed by atoms with E-state index in [0.717, 1.165) is 50.9 Å². The van der Waals surface area contributed by atoms with Crippen molar-refractivity contribution in [1.29, 1.82) is 0 Å². The molecule has 0 radical (unpaired) electrons. The Morgan fingerprint density at radius 2 is 1.32 bits per heavy atom. The zero-order chi connectivity index (χ0) is 17.6. The third kappa shape index (κ3) is 5.89. The molecular formula is C21H32F2O2. The monoisotopic (exact) mass is 354 g/mol. The van der Waals surface area contributed by atoms with Crippen LogP contribution in [-0.4, -0.2) is 19.5 Å². The molecule has 0 aromatic rings. The van der Waals surface area contributed by atoms with Gasteiger partial charge in [0.25, 0.3) is 6.08 Å². The minimum absolute atomic E-state index is 0.00465. The van der Waals surface area contributed by atoms with E-state index in [1.807, 2.05) is 0 Å². The third-order valence-electron chi connectivity index (χ3n) is 6.23.